The average Bonchev–Trinajstić information content (AvgIpc) is 3.17. The maximum absolute atomic E-state index is 12.3. The number of nitrogens with one attached hydrogen (secondary N) is 1. The Kier molecular flexibility index (Phi) is 5.61. The highest BCUT2D eigenvalue weighted by molar-refractivity contribution is 7.98. The molecule has 1 atom stereocenters. The number of hydrogen-bond acceptors (Lipinski definition) is 2. The second kappa shape index (κ2) is 8.08. The van der Waals surface area contributed by atoms with Gasteiger partial charge in [0, 0.05) is 23.0 Å². The van der Waals surface area contributed by atoms with E-state index in [2.05, 4.69) is 35.8 Å². The Labute approximate surface area is 153 Å². The van der Waals surface area contributed by atoms with Crippen LogP contribution in [-0.2, 0) is 11.2 Å². The molecule has 1 N–H and O–H groups in total. The zero-order valence-corrected chi connectivity index (χ0v) is 15.3. The maximum atomic E-state index is 12.3. The minimum Gasteiger partial charge on any atom is -0.349 e. The van der Waals surface area contributed by atoms with Crippen LogP contribution >= 0.6 is 11.8 Å². The summed E-state index contributed by atoms with van der Waals surface area (Å²) in [6.45, 7) is 2.02. The largest absolute Gasteiger partial charge is 0.349 e. The molecule has 0 radical (unpaired) electrons. The molecule has 0 aliphatic carbocycles. The van der Waals surface area contributed by atoms with Crippen LogP contribution in [0.5, 0.6) is 0 Å². The second-order valence-electron chi connectivity index (χ2n) is 6.00. The average molecular weight is 350 g/mol. The summed E-state index contributed by atoms with van der Waals surface area (Å²) < 4.78 is 2.05. The van der Waals surface area contributed by atoms with Gasteiger partial charge in [-0.3, -0.25) is 4.79 Å². The van der Waals surface area contributed by atoms with Gasteiger partial charge in [-0.15, -0.1) is 11.8 Å². The van der Waals surface area contributed by atoms with Crippen LogP contribution in [0.1, 0.15) is 24.1 Å². The van der Waals surface area contributed by atoms with E-state index in [4.69, 9.17) is 0 Å². The van der Waals surface area contributed by atoms with E-state index in [0.29, 0.717) is 6.42 Å². The Morgan fingerprint density at radius 1 is 1.04 bits per heavy atom. The molecule has 3 nitrogen and oxygen atoms in total. The van der Waals surface area contributed by atoms with Gasteiger partial charge in [-0.2, -0.15) is 0 Å². The van der Waals surface area contributed by atoms with Crippen LogP contribution in [0.3, 0.4) is 0 Å². The number of rotatable bonds is 6. The number of carbonyl (C=O) groups excluding carboxylic acids is 1. The molecule has 3 aromatic rings. The molecule has 4 heteroatoms. The van der Waals surface area contributed by atoms with Gasteiger partial charge >= 0.3 is 0 Å². The first-order chi connectivity index (χ1) is 12.2. The van der Waals surface area contributed by atoms with Crippen molar-refractivity contribution >= 4 is 17.7 Å². The first-order valence-corrected chi connectivity index (χ1v) is 9.54. The first kappa shape index (κ1) is 17.4. The zero-order valence-electron chi connectivity index (χ0n) is 14.5. The van der Waals surface area contributed by atoms with Crippen molar-refractivity contribution < 1.29 is 4.79 Å². The molecule has 0 saturated carbocycles. The lowest BCUT2D eigenvalue weighted by Crippen LogP contribution is -2.28. The van der Waals surface area contributed by atoms with E-state index < -0.39 is 0 Å². The molecule has 1 amide bonds. The van der Waals surface area contributed by atoms with Gasteiger partial charge < -0.3 is 9.88 Å². The van der Waals surface area contributed by atoms with E-state index in [1.165, 1.54) is 4.90 Å². The molecular weight excluding hydrogens is 328 g/mol. The van der Waals surface area contributed by atoms with Gasteiger partial charge in [0.15, 0.2) is 0 Å². The molecule has 0 spiro atoms. The summed E-state index contributed by atoms with van der Waals surface area (Å²) in [6, 6.07) is 20.4. The van der Waals surface area contributed by atoms with E-state index in [-0.39, 0.29) is 11.9 Å². The fourth-order valence-corrected chi connectivity index (χ4v) is 3.15. The van der Waals surface area contributed by atoms with E-state index in [9.17, 15) is 4.79 Å². The quantitative estimate of drug-likeness (QED) is 0.658. The summed E-state index contributed by atoms with van der Waals surface area (Å²) in [5, 5.41) is 3.07. The molecular formula is C21H22N2OS. The molecule has 2 aromatic carbocycles. The molecule has 0 saturated heterocycles. The van der Waals surface area contributed by atoms with Crippen molar-refractivity contribution in [3.63, 3.8) is 0 Å². The fourth-order valence-electron chi connectivity index (χ4n) is 2.75. The highest BCUT2D eigenvalue weighted by Gasteiger charge is 2.10. The molecule has 1 aromatic heterocycles. The van der Waals surface area contributed by atoms with Gasteiger partial charge in [0.05, 0.1) is 12.5 Å². The Morgan fingerprint density at radius 2 is 1.68 bits per heavy atom. The van der Waals surface area contributed by atoms with Crippen LogP contribution in [0.2, 0.25) is 0 Å². The number of carbonyl (C=O) groups is 1. The van der Waals surface area contributed by atoms with Gasteiger partial charge in [0.2, 0.25) is 5.91 Å². The van der Waals surface area contributed by atoms with Crippen molar-refractivity contribution in [3.8, 4) is 5.69 Å². The Balaban J connectivity index is 1.58. The number of thioether (sulfide) groups is 1. The Bertz CT molecular complexity index is 808. The maximum Gasteiger partial charge on any atom is 0.224 e. The Hall–Kier alpha value is -2.46. The van der Waals surface area contributed by atoms with Crippen LogP contribution in [0, 0.1) is 0 Å². The van der Waals surface area contributed by atoms with Crippen molar-refractivity contribution in [1.82, 2.24) is 9.88 Å². The molecule has 25 heavy (non-hydrogen) atoms. The third-order valence-electron chi connectivity index (χ3n) is 4.20. The number of benzene rings is 2. The summed E-state index contributed by atoms with van der Waals surface area (Å²) in [6.07, 6.45) is 6.46. The van der Waals surface area contributed by atoms with Crippen molar-refractivity contribution in [2.24, 2.45) is 0 Å². The standard InChI is InChI=1S/C21H22N2OS/c1-16(18-7-11-20(25-2)12-8-18)22-21(24)15-17-5-9-19(10-6-17)23-13-3-4-14-23/h3-14,16H,15H2,1-2H3,(H,22,24). The predicted octanol–water partition coefficient (Wildman–Crippen LogP) is 4.62. The van der Waals surface area contributed by atoms with Gasteiger partial charge in [-0.05, 0) is 60.7 Å². The molecule has 1 unspecified atom stereocenters. The molecule has 0 aliphatic heterocycles. The highest BCUT2D eigenvalue weighted by atomic mass is 32.2. The minimum absolute atomic E-state index is 0.00236. The molecule has 0 bridgehead atoms. The number of nitrogens with zero attached hydrogens (tertiary/aromatic N) is 1. The second-order valence-corrected chi connectivity index (χ2v) is 6.88. The third kappa shape index (κ3) is 4.54. The number of aromatic nitrogens is 1. The third-order valence-corrected chi connectivity index (χ3v) is 4.94. The summed E-state index contributed by atoms with van der Waals surface area (Å²) >= 11 is 1.72. The number of amides is 1. The summed E-state index contributed by atoms with van der Waals surface area (Å²) in [4.78, 5) is 13.5. The van der Waals surface area contributed by atoms with E-state index >= 15 is 0 Å². The van der Waals surface area contributed by atoms with Crippen LogP contribution in [-0.4, -0.2) is 16.7 Å². The zero-order chi connectivity index (χ0) is 17.6. The van der Waals surface area contributed by atoms with E-state index in [1.807, 2.05) is 60.3 Å². The van der Waals surface area contributed by atoms with Crippen LogP contribution < -0.4 is 5.32 Å². The van der Waals surface area contributed by atoms with Gasteiger partial charge in [0.1, 0.15) is 0 Å². The number of hydrogen-bond donors (Lipinski definition) is 1. The highest BCUT2D eigenvalue weighted by Crippen LogP contribution is 2.19. The lowest BCUT2D eigenvalue weighted by molar-refractivity contribution is -0.121. The van der Waals surface area contributed by atoms with Crippen molar-refractivity contribution in [2.75, 3.05) is 6.26 Å². The normalized spacial score (nSPS) is 11.9. The van der Waals surface area contributed by atoms with Crippen LogP contribution in [0.25, 0.3) is 5.69 Å². The smallest absolute Gasteiger partial charge is 0.224 e. The molecule has 0 aliphatic rings. The van der Waals surface area contributed by atoms with Crippen LogP contribution in [0.4, 0.5) is 0 Å². The molecule has 3 rings (SSSR count). The minimum atomic E-state index is 0.00236. The summed E-state index contributed by atoms with van der Waals surface area (Å²) in [5.41, 5.74) is 3.23. The van der Waals surface area contributed by atoms with Crippen molar-refractivity contribution in [2.45, 2.75) is 24.3 Å². The van der Waals surface area contributed by atoms with E-state index in [1.54, 1.807) is 11.8 Å². The lowest BCUT2D eigenvalue weighted by Gasteiger charge is -2.15. The van der Waals surface area contributed by atoms with Crippen LogP contribution in [0.15, 0.2) is 78.0 Å². The van der Waals surface area contributed by atoms with Crippen molar-refractivity contribution in [3.05, 3.63) is 84.2 Å². The molecule has 0 fully saturated rings. The topological polar surface area (TPSA) is 34.0 Å². The van der Waals surface area contributed by atoms with Gasteiger partial charge in [-0.25, -0.2) is 0 Å². The summed E-state index contributed by atoms with van der Waals surface area (Å²) in [7, 11) is 0. The first-order valence-electron chi connectivity index (χ1n) is 8.31. The SMILES string of the molecule is CSc1ccc(C(C)NC(=O)Cc2ccc(-n3cccc3)cc2)cc1. The Morgan fingerprint density at radius 3 is 2.28 bits per heavy atom. The van der Waals surface area contributed by atoms with Crippen molar-refractivity contribution in [1.29, 1.82) is 0 Å². The predicted molar refractivity (Wildman–Crippen MR) is 104 cm³/mol. The van der Waals surface area contributed by atoms with E-state index in [0.717, 1.165) is 16.8 Å². The monoisotopic (exact) mass is 350 g/mol. The molecule has 128 valence electrons. The molecule has 1 heterocycles. The van der Waals surface area contributed by atoms with Gasteiger partial charge in [-0.1, -0.05) is 24.3 Å². The van der Waals surface area contributed by atoms with Gasteiger partial charge in [0.25, 0.3) is 0 Å². The summed E-state index contributed by atoms with van der Waals surface area (Å²) in [5.74, 6) is 0.0372. The lowest BCUT2D eigenvalue weighted by atomic mass is 10.1. The fraction of sp³-hybridized carbons (Fsp3) is 0.190.